The highest BCUT2D eigenvalue weighted by Gasteiger charge is 2.17. The Morgan fingerprint density at radius 3 is 2.30 bits per heavy atom. The van der Waals surface area contributed by atoms with Crippen LogP contribution in [0.25, 0.3) is 0 Å². The highest BCUT2D eigenvalue weighted by Crippen LogP contribution is 2.12. The summed E-state index contributed by atoms with van der Waals surface area (Å²) in [5, 5.41) is 2.77. The number of ketones is 1. The van der Waals surface area contributed by atoms with E-state index in [4.69, 9.17) is 4.74 Å². The molecular weight excluding hydrogens is 342 g/mol. The van der Waals surface area contributed by atoms with Crippen molar-refractivity contribution in [3.05, 3.63) is 60.2 Å². The van der Waals surface area contributed by atoms with Crippen LogP contribution in [-0.4, -0.2) is 67.9 Å². The number of benzene rings is 2. The number of nitrogens with one attached hydrogen (secondary N) is 1. The van der Waals surface area contributed by atoms with Crippen LogP contribution in [0.3, 0.4) is 0 Å². The molecule has 1 saturated heterocycles. The van der Waals surface area contributed by atoms with E-state index in [1.807, 2.05) is 18.2 Å². The third-order valence-electron chi connectivity index (χ3n) is 4.57. The molecule has 1 aliphatic heterocycles. The molecule has 2 aromatic rings. The van der Waals surface area contributed by atoms with E-state index in [9.17, 15) is 9.59 Å². The lowest BCUT2D eigenvalue weighted by Gasteiger charge is -2.31. The van der Waals surface area contributed by atoms with Gasteiger partial charge in [-0.1, -0.05) is 18.2 Å². The first-order chi connectivity index (χ1) is 13.1. The van der Waals surface area contributed by atoms with Gasteiger partial charge in [0.15, 0.2) is 12.4 Å². The zero-order chi connectivity index (χ0) is 19.1. The van der Waals surface area contributed by atoms with E-state index >= 15 is 0 Å². The van der Waals surface area contributed by atoms with Crippen molar-refractivity contribution in [1.29, 1.82) is 0 Å². The zero-order valence-corrected chi connectivity index (χ0v) is 15.6. The van der Waals surface area contributed by atoms with Gasteiger partial charge in [0.05, 0.1) is 6.54 Å². The molecule has 6 nitrogen and oxygen atoms in total. The van der Waals surface area contributed by atoms with Crippen LogP contribution in [0.15, 0.2) is 54.6 Å². The fourth-order valence-electron chi connectivity index (χ4n) is 2.90. The Bertz CT molecular complexity index is 754. The number of likely N-dealkylation sites (N-methyl/N-ethyl adjacent to an activating group) is 1. The lowest BCUT2D eigenvalue weighted by molar-refractivity contribution is -0.118. The summed E-state index contributed by atoms with van der Waals surface area (Å²) in [5.41, 5.74) is 1.31. The predicted molar refractivity (Wildman–Crippen MR) is 105 cm³/mol. The maximum Gasteiger partial charge on any atom is 0.262 e. The molecule has 0 atom stereocenters. The summed E-state index contributed by atoms with van der Waals surface area (Å²) in [4.78, 5) is 28.8. The van der Waals surface area contributed by atoms with Gasteiger partial charge in [0.25, 0.3) is 5.91 Å². The molecule has 1 N–H and O–H groups in total. The molecule has 0 radical (unpaired) electrons. The zero-order valence-electron chi connectivity index (χ0n) is 15.6. The molecule has 0 unspecified atom stereocenters. The summed E-state index contributed by atoms with van der Waals surface area (Å²) >= 11 is 0. The number of nitrogens with zero attached hydrogens (tertiary/aromatic N) is 2. The van der Waals surface area contributed by atoms with E-state index < -0.39 is 0 Å². The largest absolute Gasteiger partial charge is 0.484 e. The van der Waals surface area contributed by atoms with Gasteiger partial charge < -0.3 is 15.0 Å². The van der Waals surface area contributed by atoms with Gasteiger partial charge in [-0.15, -0.1) is 0 Å². The van der Waals surface area contributed by atoms with Crippen molar-refractivity contribution >= 4 is 17.4 Å². The molecule has 27 heavy (non-hydrogen) atoms. The second-order valence-corrected chi connectivity index (χ2v) is 6.73. The predicted octanol–water partition coefficient (Wildman–Crippen LogP) is 2.13. The number of anilines is 1. The quantitative estimate of drug-likeness (QED) is 0.760. The second kappa shape index (κ2) is 9.30. The molecule has 6 heteroatoms. The molecule has 1 amide bonds. The van der Waals surface area contributed by atoms with Crippen molar-refractivity contribution < 1.29 is 14.3 Å². The molecule has 142 valence electrons. The van der Waals surface area contributed by atoms with Crippen LogP contribution >= 0.6 is 0 Å². The smallest absolute Gasteiger partial charge is 0.262 e. The van der Waals surface area contributed by atoms with Gasteiger partial charge >= 0.3 is 0 Å². The van der Waals surface area contributed by atoms with Gasteiger partial charge in [-0.2, -0.15) is 0 Å². The molecular formula is C21H25N3O3. The normalized spacial score (nSPS) is 15.3. The number of amides is 1. The number of hydrogen-bond donors (Lipinski definition) is 1. The third kappa shape index (κ3) is 5.91. The van der Waals surface area contributed by atoms with E-state index in [1.165, 1.54) is 0 Å². The Kier molecular flexibility index (Phi) is 6.57. The average molecular weight is 367 g/mol. The minimum atomic E-state index is -0.240. The van der Waals surface area contributed by atoms with Gasteiger partial charge in [0.2, 0.25) is 0 Å². The minimum absolute atomic E-state index is 0.0614. The number of carbonyl (C=O) groups excluding carboxylic acids is 2. The van der Waals surface area contributed by atoms with Crippen LogP contribution in [0.5, 0.6) is 5.75 Å². The standard InChI is InChI=1S/C21H25N3O3/c1-23-11-13-24(14-12-23)15-20(25)17-7-9-18(10-8-17)22-21(26)16-27-19-5-3-2-4-6-19/h2-10H,11-16H2,1H3,(H,22,26). The molecule has 1 fully saturated rings. The van der Waals surface area contributed by atoms with Gasteiger partial charge in [0, 0.05) is 37.4 Å². The van der Waals surface area contributed by atoms with Crippen molar-refractivity contribution in [2.45, 2.75) is 0 Å². The number of Topliss-reactive ketones (excluding diaryl/α,β-unsaturated/α-hetero) is 1. The lowest BCUT2D eigenvalue weighted by Crippen LogP contribution is -2.46. The van der Waals surface area contributed by atoms with E-state index in [1.54, 1.807) is 36.4 Å². The van der Waals surface area contributed by atoms with Crippen molar-refractivity contribution in [3.8, 4) is 5.75 Å². The van der Waals surface area contributed by atoms with Gasteiger partial charge in [0.1, 0.15) is 5.75 Å². The van der Waals surface area contributed by atoms with E-state index in [0.717, 1.165) is 26.2 Å². The molecule has 0 saturated carbocycles. The Morgan fingerprint density at radius 2 is 1.63 bits per heavy atom. The highest BCUT2D eigenvalue weighted by molar-refractivity contribution is 5.98. The third-order valence-corrected chi connectivity index (χ3v) is 4.57. The topological polar surface area (TPSA) is 61.9 Å². The Morgan fingerprint density at radius 1 is 0.963 bits per heavy atom. The van der Waals surface area contributed by atoms with Crippen LogP contribution in [-0.2, 0) is 4.79 Å². The maximum absolute atomic E-state index is 12.4. The van der Waals surface area contributed by atoms with Crippen LogP contribution < -0.4 is 10.1 Å². The van der Waals surface area contributed by atoms with Crippen molar-refractivity contribution in [3.63, 3.8) is 0 Å². The van der Waals surface area contributed by atoms with Crippen molar-refractivity contribution in [2.24, 2.45) is 0 Å². The Labute approximate surface area is 159 Å². The number of para-hydroxylation sites is 1. The SMILES string of the molecule is CN1CCN(CC(=O)c2ccc(NC(=O)COc3ccccc3)cc2)CC1. The summed E-state index contributed by atoms with van der Waals surface area (Å²) < 4.78 is 5.42. The monoisotopic (exact) mass is 367 g/mol. The number of piperazine rings is 1. The molecule has 1 heterocycles. The average Bonchev–Trinajstić information content (AvgIpc) is 2.69. The minimum Gasteiger partial charge on any atom is -0.484 e. The summed E-state index contributed by atoms with van der Waals surface area (Å²) in [5.74, 6) is 0.512. The van der Waals surface area contributed by atoms with E-state index in [-0.39, 0.29) is 18.3 Å². The first-order valence-corrected chi connectivity index (χ1v) is 9.12. The molecule has 0 spiro atoms. The van der Waals surface area contributed by atoms with Crippen LogP contribution in [0.4, 0.5) is 5.69 Å². The van der Waals surface area contributed by atoms with Crippen molar-refractivity contribution in [1.82, 2.24) is 9.80 Å². The summed E-state index contributed by atoms with van der Waals surface area (Å²) in [6.07, 6.45) is 0. The Hall–Kier alpha value is -2.70. The highest BCUT2D eigenvalue weighted by atomic mass is 16.5. The molecule has 0 aromatic heterocycles. The summed E-state index contributed by atoms with van der Waals surface area (Å²) in [6, 6.07) is 16.2. The number of rotatable bonds is 7. The molecule has 0 aliphatic carbocycles. The second-order valence-electron chi connectivity index (χ2n) is 6.73. The first kappa shape index (κ1) is 19.1. The van der Waals surface area contributed by atoms with E-state index in [0.29, 0.717) is 23.5 Å². The maximum atomic E-state index is 12.4. The number of carbonyl (C=O) groups is 2. The summed E-state index contributed by atoms with van der Waals surface area (Å²) in [7, 11) is 2.09. The van der Waals surface area contributed by atoms with Crippen LogP contribution in [0.2, 0.25) is 0 Å². The summed E-state index contributed by atoms with van der Waals surface area (Å²) in [6.45, 7) is 4.18. The van der Waals surface area contributed by atoms with E-state index in [2.05, 4.69) is 22.2 Å². The van der Waals surface area contributed by atoms with Gasteiger partial charge in [-0.3, -0.25) is 14.5 Å². The molecule has 0 bridgehead atoms. The molecule has 2 aromatic carbocycles. The van der Waals surface area contributed by atoms with Crippen molar-refractivity contribution in [2.75, 3.05) is 51.7 Å². The van der Waals surface area contributed by atoms with Gasteiger partial charge in [-0.05, 0) is 43.4 Å². The molecule has 1 aliphatic rings. The fourth-order valence-corrected chi connectivity index (χ4v) is 2.90. The number of ether oxygens (including phenoxy) is 1. The number of hydrogen-bond acceptors (Lipinski definition) is 5. The van der Waals surface area contributed by atoms with Crippen LogP contribution in [0, 0.1) is 0 Å². The molecule has 3 rings (SSSR count). The van der Waals surface area contributed by atoms with Crippen LogP contribution in [0.1, 0.15) is 10.4 Å². The first-order valence-electron chi connectivity index (χ1n) is 9.12. The lowest BCUT2D eigenvalue weighted by atomic mass is 10.1. The Balaban J connectivity index is 1.46. The fraction of sp³-hybridized carbons (Fsp3) is 0.333. The van der Waals surface area contributed by atoms with Gasteiger partial charge in [-0.25, -0.2) is 0 Å².